The van der Waals surface area contributed by atoms with Crippen LogP contribution >= 0.6 is 0 Å². The molecule has 0 saturated carbocycles. The maximum absolute atomic E-state index is 12.9. The lowest BCUT2D eigenvalue weighted by Gasteiger charge is -2.18. The zero-order valence-electron chi connectivity index (χ0n) is 51.9. The van der Waals surface area contributed by atoms with Gasteiger partial charge in [-0.2, -0.15) is 0 Å². The SMILES string of the molecule is CC/C=C\C/C=C\C/C=C\C/C=C\C/C=C\C/C=C\CCCCC(=O)OC(COC(=O)CCCCCCC/C=C\CCCC)COC(=O)CCCCCCCCCCCCCCCCCCC/C=C\C/C=C\CCCCCCC. The zero-order valence-corrected chi connectivity index (χ0v) is 51.9. The molecule has 1 atom stereocenters. The Morgan fingerprint density at radius 1 is 0.266 bits per heavy atom. The molecule has 0 N–H and O–H groups in total. The third-order valence-corrected chi connectivity index (χ3v) is 14.2. The van der Waals surface area contributed by atoms with Crippen LogP contribution < -0.4 is 0 Å². The summed E-state index contributed by atoms with van der Waals surface area (Å²) in [5, 5.41) is 0. The van der Waals surface area contributed by atoms with Crippen LogP contribution in [-0.2, 0) is 28.6 Å². The van der Waals surface area contributed by atoms with Crippen LogP contribution in [0, 0.1) is 0 Å². The molecule has 0 aliphatic carbocycles. The summed E-state index contributed by atoms with van der Waals surface area (Å²) in [5.41, 5.74) is 0. The second-order valence-electron chi connectivity index (χ2n) is 22.0. The van der Waals surface area contributed by atoms with Gasteiger partial charge < -0.3 is 14.2 Å². The highest BCUT2D eigenvalue weighted by Gasteiger charge is 2.19. The Bertz CT molecular complexity index is 1590. The quantitative estimate of drug-likeness (QED) is 0.0261. The second-order valence-corrected chi connectivity index (χ2v) is 22.0. The Kier molecular flexibility index (Phi) is 63.3. The van der Waals surface area contributed by atoms with Crippen molar-refractivity contribution >= 4 is 17.9 Å². The third-order valence-electron chi connectivity index (χ3n) is 14.2. The number of hydrogen-bond donors (Lipinski definition) is 0. The molecule has 1 unspecified atom stereocenters. The van der Waals surface area contributed by atoms with Gasteiger partial charge in [-0.3, -0.25) is 14.4 Å². The number of carbonyl (C=O) groups excluding carboxylic acids is 3. The van der Waals surface area contributed by atoms with Gasteiger partial charge in [-0.25, -0.2) is 0 Å². The van der Waals surface area contributed by atoms with Crippen LogP contribution in [0.2, 0.25) is 0 Å². The Morgan fingerprint density at radius 2 is 0.506 bits per heavy atom. The van der Waals surface area contributed by atoms with Gasteiger partial charge in [-0.15, -0.1) is 0 Å². The zero-order chi connectivity index (χ0) is 57.1. The molecule has 0 spiro atoms. The monoisotopic (exact) mass is 1100 g/mol. The molecule has 0 fully saturated rings. The number of esters is 3. The largest absolute Gasteiger partial charge is 0.462 e. The molecule has 0 aliphatic rings. The summed E-state index contributed by atoms with van der Waals surface area (Å²) in [4.78, 5) is 38.3. The van der Waals surface area contributed by atoms with Gasteiger partial charge in [-0.05, 0) is 122 Å². The van der Waals surface area contributed by atoms with Gasteiger partial charge in [0.05, 0.1) is 0 Å². The van der Waals surface area contributed by atoms with Gasteiger partial charge >= 0.3 is 17.9 Å². The summed E-state index contributed by atoms with van der Waals surface area (Å²) < 4.78 is 16.9. The first kappa shape index (κ1) is 75.1. The van der Waals surface area contributed by atoms with Crippen molar-refractivity contribution < 1.29 is 28.6 Å². The minimum Gasteiger partial charge on any atom is -0.462 e. The van der Waals surface area contributed by atoms with Crippen molar-refractivity contribution in [2.24, 2.45) is 0 Å². The van der Waals surface area contributed by atoms with E-state index < -0.39 is 6.10 Å². The number of hydrogen-bond acceptors (Lipinski definition) is 6. The Morgan fingerprint density at radius 3 is 0.848 bits per heavy atom. The van der Waals surface area contributed by atoms with Crippen molar-refractivity contribution in [3.8, 4) is 0 Å². The van der Waals surface area contributed by atoms with E-state index in [1.54, 1.807) is 0 Å². The van der Waals surface area contributed by atoms with Crippen molar-refractivity contribution in [3.63, 3.8) is 0 Å². The maximum atomic E-state index is 12.9. The highest BCUT2D eigenvalue weighted by atomic mass is 16.6. The highest BCUT2D eigenvalue weighted by Crippen LogP contribution is 2.16. The summed E-state index contributed by atoms with van der Waals surface area (Å²) in [5.74, 6) is -0.944. The molecule has 0 heterocycles. The lowest BCUT2D eigenvalue weighted by Crippen LogP contribution is -2.30. The topological polar surface area (TPSA) is 78.9 Å². The van der Waals surface area contributed by atoms with Gasteiger partial charge in [-0.1, -0.05) is 284 Å². The first-order valence-electron chi connectivity index (χ1n) is 33.4. The van der Waals surface area contributed by atoms with Crippen molar-refractivity contribution in [1.82, 2.24) is 0 Å². The number of carbonyl (C=O) groups is 3. The molecule has 0 aromatic rings. The van der Waals surface area contributed by atoms with E-state index in [1.807, 2.05) is 0 Å². The Labute approximate surface area is 489 Å². The molecule has 0 aromatic heterocycles. The van der Waals surface area contributed by atoms with Gasteiger partial charge in [0, 0.05) is 19.3 Å². The van der Waals surface area contributed by atoms with Gasteiger partial charge in [0.25, 0.3) is 0 Å². The molecule has 6 heteroatoms. The van der Waals surface area contributed by atoms with Gasteiger partial charge in [0.2, 0.25) is 0 Å². The average molecular weight is 1100 g/mol. The van der Waals surface area contributed by atoms with Gasteiger partial charge in [0.15, 0.2) is 6.10 Å². The van der Waals surface area contributed by atoms with E-state index in [2.05, 4.69) is 130 Å². The van der Waals surface area contributed by atoms with Crippen LogP contribution in [0.5, 0.6) is 0 Å². The van der Waals surface area contributed by atoms with Crippen LogP contribution in [0.15, 0.2) is 109 Å². The summed E-state index contributed by atoms with van der Waals surface area (Å²) in [6.45, 7) is 6.46. The predicted molar refractivity (Wildman–Crippen MR) is 343 cm³/mol. The molecule has 79 heavy (non-hydrogen) atoms. The van der Waals surface area contributed by atoms with Crippen molar-refractivity contribution in [2.75, 3.05) is 13.2 Å². The van der Waals surface area contributed by atoms with Crippen LogP contribution in [0.4, 0.5) is 0 Å². The first-order valence-corrected chi connectivity index (χ1v) is 33.4. The fourth-order valence-corrected chi connectivity index (χ4v) is 9.22. The Balaban J connectivity index is 4.27. The van der Waals surface area contributed by atoms with E-state index in [1.165, 1.54) is 161 Å². The third kappa shape index (κ3) is 64.8. The molecule has 0 radical (unpaired) electrons. The fraction of sp³-hybridized carbons (Fsp3) is 0.712. The lowest BCUT2D eigenvalue weighted by atomic mass is 10.0. The normalized spacial score (nSPS) is 12.8. The predicted octanol–water partition coefficient (Wildman–Crippen LogP) is 23.0. The number of allylic oxidation sites excluding steroid dienone is 18. The summed E-state index contributed by atoms with van der Waals surface area (Å²) in [7, 11) is 0. The molecule has 0 bridgehead atoms. The van der Waals surface area contributed by atoms with E-state index in [0.717, 1.165) is 109 Å². The molecule has 0 amide bonds. The number of rotatable bonds is 60. The van der Waals surface area contributed by atoms with Crippen LogP contribution in [0.3, 0.4) is 0 Å². The summed E-state index contributed by atoms with van der Waals surface area (Å²) in [6.07, 6.45) is 91.2. The molecule has 0 aromatic carbocycles. The summed E-state index contributed by atoms with van der Waals surface area (Å²) >= 11 is 0. The molecule has 452 valence electrons. The number of unbranched alkanes of at least 4 members (excludes halogenated alkanes) is 31. The van der Waals surface area contributed by atoms with Crippen LogP contribution in [0.25, 0.3) is 0 Å². The maximum Gasteiger partial charge on any atom is 0.306 e. The van der Waals surface area contributed by atoms with Gasteiger partial charge in [0.1, 0.15) is 13.2 Å². The molecule has 0 rings (SSSR count). The summed E-state index contributed by atoms with van der Waals surface area (Å²) in [6, 6.07) is 0. The first-order chi connectivity index (χ1) is 39.0. The lowest BCUT2D eigenvalue weighted by molar-refractivity contribution is -0.167. The Hall–Kier alpha value is -3.93. The molecular weight excluding hydrogens is 973 g/mol. The van der Waals surface area contributed by atoms with Crippen molar-refractivity contribution in [3.05, 3.63) is 109 Å². The minimum atomic E-state index is -0.806. The molecule has 6 nitrogen and oxygen atoms in total. The van der Waals surface area contributed by atoms with E-state index in [0.29, 0.717) is 19.3 Å². The van der Waals surface area contributed by atoms with E-state index in [-0.39, 0.29) is 37.5 Å². The molecular formula is C73H124O6. The van der Waals surface area contributed by atoms with Crippen molar-refractivity contribution in [1.29, 1.82) is 0 Å². The van der Waals surface area contributed by atoms with E-state index in [9.17, 15) is 14.4 Å². The van der Waals surface area contributed by atoms with E-state index >= 15 is 0 Å². The highest BCUT2D eigenvalue weighted by molar-refractivity contribution is 5.71. The minimum absolute atomic E-state index is 0.0976. The van der Waals surface area contributed by atoms with Crippen LogP contribution in [-0.4, -0.2) is 37.2 Å². The number of ether oxygens (including phenoxy) is 3. The molecule has 0 aliphatic heterocycles. The standard InChI is InChI=1S/C73H124O6/c1-4-7-10-13-16-19-22-24-26-28-30-32-33-34-35-36-37-38-39-41-42-44-46-48-51-54-57-60-63-66-72(75)78-69-70(68-77-71(74)65-62-59-56-53-50-21-18-15-12-9-6-3)79-73(76)67-64-61-58-55-52-49-47-45-43-40-31-29-27-25-23-20-17-14-11-8-5-2/h8,11,15,17-18,20,22,24-25,27-28,30-31,40,45,47,52,55,70H,4-7,9-10,12-14,16,19,21,23,26,29,32-39,41-44,46,48-51,53-54,56-69H2,1-3H3/b11-8-,18-15-,20-17-,24-22-,27-25-,30-28-,40-31-,47-45-,55-52-. The smallest absolute Gasteiger partial charge is 0.306 e. The van der Waals surface area contributed by atoms with Crippen LogP contribution in [0.1, 0.15) is 316 Å². The second kappa shape index (κ2) is 66.6. The average Bonchev–Trinajstić information content (AvgIpc) is 3.45. The molecule has 0 saturated heterocycles. The van der Waals surface area contributed by atoms with Crippen molar-refractivity contribution in [2.45, 2.75) is 322 Å². The van der Waals surface area contributed by atoms with E-state index in [4.69, 9.17) is 14.2 Å². The fourth-order valence-electron chi connectivity index (χ4n) is 9.22.